The predicted molar refractivity (Wildman–Crippen MR) is 70.1 cm³/mol. The molecule has 100 valence electrons. The van der Waals surface area contributed by atoms with E-state index in [4.69, 9.17) is 15.2 Å². The van der Waals surface area contributed by atoms with Crippen molar-refractivity contribution >= 4 is 17.7 Å². The van der Waals surface area contributed by atoms with E-state index in [1.807, 2.05) is 11.8 Å². The van der Waals surface area contributed by atoms with E-state index in [1.54, 1.807) is 6.92 Å². The first-order valence-electron chi connectivity index (χ1n) is 6.06. The minimum Gasteiger partial charge on any atom is -0.468 e. The van der Waals surface area contributed by atoms with Crippen LogP contribution in [0.1, 0.15) is 33.1 Å². The maximum atomic E-state index is 11.5. The van der Waals surface area contributed by atoms with E-state index in [1.165, 1.54) is 7.11 Å². The third-order valence-electron chi connectivity index (χ3n) is 2.96. The number of esters is 1. The van der Waals surface area contributed by atoms with Crippen molar-refractivity contribution in [3.63, 3.8) is 0 Å². The molecule has 0 radical (unpaired) electrons. The largest absolute Gasteiger partial charge is 0.468 e. The van der Waals surface area contributed by atoms with Crippen molar-refractivity contribution in [2.75, 3.05) is 20.3 Å². The van der Waals surface area contributed by atoms with Gasteiger partial charge in [-0.2, -0.15) is 11.8 Å². The summed E-state index contributed by atoms with van der Waals surface area (Å²) in [6.45, 7) is 5.55. The van der Waals surface area contributed by atoms with Gasteiger partial charge in [0.05, 0.1) is 7.11 Å². The molecule has 1 fully saturated rings. The van der Waals surface area contributed by atoms with Crippen LogP contribution in [0, 0.1) is 0 Å². The smallest absolute Gasteiger partial charge is 0.325 e. The van der Waals surface area contributed by atoms with Crippen molar-refractivity contribution in [3.05, 3.63) is 0 Å². The lowest BCUT2D eigenvalue weighted by Crippen LogP contribution is -2.47. The summed E-state index contributed by atoms with van der Waals surface area (Å²) in [6.07, 6.45) is 2.82. The van der Waals surface area contributed by atoms with Gasteiger partial charge < -0.3 is 15.2 Å². The fourth-order valence-corrected chi connectivity index (χ4v) is 3.67. The third kappa shape index (κ3) is 4.85. The Labute approximate surface area is 108 Å². The van der Waals surface area contributed by atoms with Crippen LogP contribution < -0.4 is 5.73 Å². The number of rotatable bonds is 5. The highest BCUT2D eigenvalue weighted by Gasteiger charge is 2.32. The summed E-state index contributed by atoms with van der Waals surface area (Å²) in [5, 5.41) is 0.986. The average Bonchev–Trinajstić information content (AvgIpc) is 2.28. The Morgan fingerprint density at radius 2 is 2.18 bits per heavy atom. The van der Waals surface area contributed by atoms with Crippen LogP contribution >= 0.6 is 11.8 Å². The molecule has 5 heteroatoms. The molecule has 0 bridgehead atoms. The molecule has 0 spiro atoms. The molecule has 2 atom stereocenters. The van der Waals surface area contributed by atoms with Crippen LogP contribution in [-0.2, 0) is 14.3 Å². The molecule has 1 aliphatic rings. The Bertz CT molecular complexity index is 252. The van der Waals surface area contributed by atoms with Gasteiger partial charge >= 0.3 is 5.97 Å². The second kappa shape index (κ2) is 6.61. The van der Waals surface area contributed by atoms with Crippen LogP contribution in [0.5, 0.6) is 0 Å². The summed E-state index contributed by atoms with van der Waals surface area (Å²) in [7, 11) is 1.38. The van der Waals surface area contributed by atoms with E-state index in [0.29, 0.717) is 16.9 Å². The Morgan fingerprint density at radius 1 is 1.59 bits per heavy atom. The standard InChI is InChI=1S/C12H23NO3S/c1-9(8-12(2,13)11(14)15-3)17-10-4-6-16-7-5-10/h9-10H,4-8,13H2,1-3H3. The maximum absolute atomic E-state index is 11.5. The van der Waals surface area contributed by atoms with Crippen molar-refractivity contribution < 1.29 is 14.3 Å². The molecule has 17 heavy (non-hydrogen) atoms. The SMILES string of the molecule is COC(=O)C(C)(N)CC(C)SC1CCOCC1. The van der Waals surface area contributed by atoms with Gasteiger partial charge in [-0.25, -0.2) is 0 Å². The lowest BCUT2D eigenvalue weighted by atomic mass is 9.98. The van der Waals surface area contributed by atoms with Crippen LogP contribution in [0.4, 0.5) is 0 Å². The van der Waals surface area contributed by atoms with Crippen molar-refractivity contribution in [1.82, 2.24) is 0 Å². The fraction of sp³-hybridized carbons (Fsp3) is 0.917. The molecule has 4 nitrogen and oxygen atoms in total. The molecular weight excluding hydrogens is 238 g/mol. The van der Waals surface area contributed by atoms with E-state index < -0.39 is 5.54 Å². The number of carbonyl (C=O) groups is 1. The second-order valence-electron chi connectivity index (χ2n) is 4.87. The Hall–Kier alpha value is -0.260. The van der Waals surface area contributed by atoms with E-state index in [9.17, 15) is 4.79 Å². The molecule has 1 aliphatic heterocycles. The number of thioether (sulfide) groups is 1. The monoisotopic (exact) mass is 261 g/mol. The molecule has 2 unspecified atom stereocenters. The van der Waals surface area contributed by atoms with E-state index in [2.05, 4.69) is 6.92 Å². The van der Waals surface area contributed by atoms with Gasteiger partial charge in [-0.1, -0.05) is 6.92 Å². The van der Waals surface area contributed by atoms with Crippen molar-refractivity contribution in [2.24, 2.45) is 5.73 Å². The first-order valence-corrected chi connectivity index (χ1v) is 7.00. The molecule has 2 N–H and O–H groups in total. The number of nitrogens with two attached hydrogens (primary N) is 1. The highest BCUT2D eigenvalue weighted by molar-refractivity contribution is 8.00. The molecule has 1 rings (SSSR count). The molecule has 0 aliphatic carbocycles. The maximum Gasteiger partial charge on any atom is 0.325 e. The van der Waals surface area contributed by atoms with Crippen LogP contribution in [0.3, 0.4) is 0 Å². The van der Waals surface area contributed by atoms with Crippen LogP contribution in [0.25, 0.3) is 0 Å². The first kappa shape index (κ1) is 14.8. The van der Waals surface area contributed by atoms with Gasteiger partial charge in [-0.05, 0) is 26.2 Å². The number of methoxy groups -OCH3 is 1. The molecule has 1 heterocycles. The highest BCUT2D eigenvalue weighted by atomic mass is 32.2. The number of ether oxygens (including phenoxy) is 2. The van der Waals surface area contributed by atoms with Gasteiger partial charge in [0.15, 0.2) is 0 Å². The fourth-order valence-electron chi connectivity index (χ4n) is 2.10. The van der Waals surface area contributed by atoms with Crippen molar-refractivity contribution in [1.29, 1.82) is 0 Å². The minimum absolute atomic E-state index is 0.336. The molecular formula is C12H23NO3S. The number of hydrogen-bond donors (Lipinski definition) is 1. The lowest BCUT2D eigenvalue weighted by Gasteiger charge is -2.29. The average molecular weight is 261 g/mol. The quantitative estimate of drug-likeness (QED) is 0.761. The Kier molecular flexibility index (Phi) is 5.76. The number of hydrogen-bond acceptors (Lipinski definition) is 5. The zero-order valence-corrected chi connectivity index (χ0v) is 11.7. The zero-order valence-electron chi connectivity index (χ0n) is 10.9. The topological polar surface area (TPSA) is 61.5 Å². The van der Waals surface area contributed by atoms with Gasteiger partial charge in [-0.3, -0.25) is 4.79 Å². The van der Waals surface area contributed by atoms with Crippen molar-refractivity contribution in [3.8, 4) is 0 Å². The summed E-state index contributed by atoms with van der Waals surface area (Å²) in [4.78, 5) is 11.5. The van der Waals surface area contributed by atoms with E-state index in [-0.39, 0.29) is 5.97 Å². The summed E-state index contributed by atoms with van der Waals surface area (Å²) in [5.74, 6) is -0.336. The van der Waals surface area contributed by atoms with E-state index in [0.717, 1.165) is 26.1 Å². The molecule has 0 aromatic carbocycles. The number of carbonyl (C=O) groups excluding carboxylic acids is 1. The van der Waals surface area contributed by atoms with E-state index >= 15 is 0 Å². The summed E-state index contributed by atoms with van der Waals surface area (Å²) in [6, 6.07) is 0. The Balaban J connectivity index is 2.37. The normalized spacial score (nSPS) is 22.8. The molecule has 0 amide bonds. The second-order valence-corrected chi connectivity index (χ2v) is 6.62. The van der Waals surface area contributed by atoms with Crippen LogP contribution in [-0.4, -0.2) is 42.3 Å². The lowest BCUT2D eigenvalue weighted by molar-refractivity contribution is -0.146. The van der Waals surface area contributed by atoms with Gasteiger partial charge in [0.1, 0.15) is 5.54 Å². The molecule has 0 saturated carbocycles. The summed E-state index contributed by atoms with van der Waals surface area (Å²) < 4.78 is 10.0. The molecule has 0 aromatic heterocycles. The predicted octanol–water partition coefficient (Wildman–Crippen LogP) is 1.57. The zero-order chi connectivity index (χ0) is 12.9. The van der Waals surface area contributed by atoms with Gasteiger partial charge in [0, 0.05) is 23.7 Å². The van der Waals surface area contributed by atoms with Crippen LogP contribution in [0.15, 0.2) is 0 Å². The summed E-state index contributed by atoms with van der Waals surface area (Å²) >= 11 is 1.91. The minimum atomic E-state index is -0.883. The van der Waals surface area contributed by atoms with Crippen molar-refractivity contribution in [2.45, 2.75) is 49.1 Å². The van der Waals surface area contributed by atoms with Gasteiger partial charge in [-0.15, -0.1) is 0 Å². The van der Waals surface area contributed by atoms with Crippen LogP contribution in [0.2, 0.25) is 0 Å². The third-order valence-corrected chi connectivity index (χ3v) is 4.44. The summed E-state index contributed by atoms with van der Waals surface area (Å²) in [5.41, 5.74) is 5.08. The van der Waals surface area contributed by atoms with Gasteiger partial charge in [0.2, 0.25) is 0 Å². The Morgan fingerprint density at radius 3 is 2.71 bits per heavy atom. The first-order chi connectivity index (χ1) is 7.95. The molecule has 0 aromatic rings. The molecule has 1 saturated heterocycles. The van der Waals surface area contributed by atoms with Gasteiger partial charge in [0.25, 0.3) is 0 Å². The highest BCUT2D eigenvalue weighted by Crippen LogP contribution is 2.30.